The van der Waals surface area contributed by atoms with E-state index in [0.29, 0.717) is 11.5 Å². The van der Waals surface area contributed by atoms with Crippen molar-refractivity contribution in [3.05, 3.63) is 286 Å². The van der Waals surface area contributed by atoms with Gasteiger partial charge in [-0.3, -0.25) is 0 Å². The summed E-state index contributed by atoms with van der Waals surface area (Å²) in [7, 11) is 0. The van der Waals surface area contributed by atoms with Crippen LogP contribution in [0.2, 0.25) is 0 Å². The lowest BCUT2D eigenvalue weighted by Gasteiger charge is -2.07. The predicted octanol–water partition coefficient (Wildman–Crippen LogP) is 12.9. The van der Waals surface area contributed by atoms with E-state index in [1.165, 1.54) is 0 Å². The topological polar surface area (TPSA) is 63.4 Å². The van der Waals surface area contributed by atoms with Crippen molar-refractivity contribution in [2.75, 3.05) is 0 Å². The van der Waals surface area contributed by atoms with Crippen molar-refractivity contribution in [2.45, 2.75) is 0 Å². The van der Waals surface area contributed by atoms with Crippen LogP contribution in [0.1, 0.15) is 0 Å². The Balaban J connectivity index is 0.000000165. The van der Waals surface area contributed by atoms with Crippen LogP contribution in [-0.4, -0.2) is 5.11 Å². The van der Waals surface area contributed by atoms with Gasteiger partial charge in [-0.15, -0.1) is 0 Å². The first-order valence-electron chi connectivity index (χ1n) is 22.9. The molecule has 0 atom stereocenters. The average molecular weight is 913 g/mol. The lowest BCUT2D eigenvalue weighted by molar-refractivity contribution is -0.596. The van der Waals surface area contributed by atoms with E-state index in [1.807, 2.05) is 152 Å². The Morgan fingerprint density at radius 2 is 0.557 bits per heavy atom. The fourth-order valence-electron chi connectivity index (χ4n) is 7.76. The van der Waals surface area contributed by atoms with Gasteiger partial charge in [-0.05, 0) is 89.0 Å². The first-order valence-corrected chi connectivity index (χ1v) is 22.9. The molecule has 336 valence electrons. The van der Waals surface area contributed by atoms with Gasteiger partial charge in [-0.1, -0.05) is 72.8 Å². The number of phenolic OH excluding ortho intramolecular Hbond substituents is 1. The summed E-state index contributed by atoms with van der Waals surface area (Å²) in [5.74, 6) is 4.50. The van der Waals surface area contributed by atoms with Gasteiger partial charge < -0.3 is 19.3 Å². The first kappa shape index (κ1) is 44.2. The summed E-state index contributed by atoms with van der Waals surface area (Å²) in [6.45, 7) is 0. The third-order valence-corrected chi connectivity index (χ3v) is 11.5. The fourth-order valence-corrected chi connectivity index (χ4v) is 7.76. The number of hydrogen-bond donors (Lipinski definition) is 1. The molecule has 0 saturated heterocycles. The zero-order valence-electron chi connectivity index (χ0n) is 38.1. The lowest BCUT2D eigenvalue weighted by Crippen LogP contribution is -2.29. The molecule has 0 amide bonds. The molecule has 0 radical (unpaired) electrons. The molecule has 8 heteroatoms. The molecule has 0 bridgehead atoms. The zero-order valence-corrected chi connectivity index (χ0v) is 38.1. The number of hydrogen-bond acceptors (Lipinski definition) is 4. The van der Waals surface area contributed by atoms with Crippen molar-refractivity contribution in [3.63, 3.8) is 0 Å². The average Bonchev–Trinajstić information content (AvgIpc) is 3.43. The molecule has 0 aliphatic heterocycles. The van der Waals surface area contributed by atoms with Gasteiger partial charge in [0.15, 0.2) is 61.1 Å². The van der Waals surface area contributed by atoms with E-state index in [9.17, 15) is 5.11 Å². The minimum Gasteiger partial charge on any atom is -0.504 e. The number of aromatic nitrogens is 4. The number of aromatic hydroxyl groups is 1. The number of pyridine rings is 4. The molecule has 1 N–H and O–H groups in total. The van der Waals surface area contributed by atoms with Gasteiger partial charge in [-0.25, -0.2) is 0 Å². The van der Waals surface area contributed by atoms with Crippen molar-refractivity contribution in [1.29, 1.82) is 0 Å². The Kier molecular flexibility index (Phi) is 13.5. The highest BCUT2D eigenvalue weighted by Crippen LogP contribution is 2.30. The predicted molar refractivity (Wildman–Crippen MR) is 271 cm³/mol. The van der Waals surface area contributed by atoms with Gasteiger partial charge in [0.2, 0.25) is 22.7 Å². The van der Waals surface area contributed by atoms with Crippen LogP contribution in [0.5, 0.6) is 40.2 Å². The van der Waals surface area contributed by atoms with E-state index < -0.39 is 0 Å². The van der Waals surface area contributed by atoms with E-state index in [2.05, 4.69) is 134 Å². The van der Waals surface area contributed by atoms with E-state index in [4.69, 9.17) is 14.2 Å². The Labute approximate surface area is 407 Å². The minimum atomic E-state index is 0.122. The summed E-state index contributed by atoms with van der Waals surface area (Å²) in [5, 5.41) is 9.87. The summed E-state index contributed by atoms with van der Waals surface area (Å²) in [6.07, 6.45) is 16.6. The quantitative estimate of drug-likeness (QED) is 0.124. The number of para-hydroxylation sites is 5. The molecule has 0 aliphatic rings. The second-order valence-electron chi connectivity index (χ2n) is 16.2. The summed E-state index contributed by atoms with van der Waals surface area (Å²) in [4.78, 5) is 0. The van der Waals surface area contributed by atoms with Crippen LogP contribution in [0.15, 0.2) is 286 Å². The van der Waals surface area contributed by atoms with Crippen LogP contribution >= 0.6 is 0 Å². The Morgan fingerprint density at radius 1 is 0.243 bits per heavy atom. The molecule has 11 rings (SSSR count). The van der Waals surface area contributed by atoms with Crippen LogP contribution in [0, 0.1) is 0 Å². The summed E-state index contributed by atoms with van der Waals surface area (Å²) < 4.78 is 26.0. The molecular formula is C62H48N4O4+4. The van der Waals surface area contributed by atoms with Crippen LogP contribution in [-0.2, 0) is 0 Å². The van der Waals surface area contributed by atoms with E-state index in [-0.39, 0.29) is 5.75 Å². The van der Waals surface area contributed by atoms with Crippen molar-refractivity contribution in [2.24, 2.45) is 0 Å². The van der Waals surface area contributed by atoms with Gasteiger partial charge in [0.1, 0.15) is 28.7 Å². The largest absolute Gasteiger partial charge is 0.504 e. The Hall–Kier alpha value is -9.66. The van der Waals surface area contributed by atoms with Crippen LogP contribution in [0.3, 0.4) is 0 Å². The molecule has 0 aliphatic carbocycles. The summed E-state index contributed by atoms with van der Waals surface area (Å²) in [5.41, 5.74) is 8.89. The highest BCUT2D eigenvalue weighted by atomic mass is 16.5. The molecule has 11 aromatic rings. The molecule has 0 saturated carbocycles. The molecule has 4 heterocycles. The Bertz CT molecular complexity index is 3390. The van der Waals surface area contributed by atoms with E-state index >= 15 is 0 Å². The molecular weight excluding hydrogens is 865 g/mol. The number of benzene rings is 7. The van der Waals surface area contributed by atoms with Crippen LogP contribution in [0.4, 0.5) is 0 Å². The van der Waals surface area contributed by atoms with Gasteiger partial charge in [0, 0.05) is 91.0 Å². The maximum absolute atomic E-state index is 9.87. The molecule has 8 nitrogen and oxygen atoms in total. The maximum Gasteiger partial charge on any atom is 0.214 e. The zero-order chi connectivity index (χ0) is 47.3. The Morgan fingerprint density at radius 3 is 1.00 bits per heavy atom. The highest BCUT2D eigenvalue weighted by molar-refractivity contribution is 5.62. The van der Waals surface area contributed by atoms with Crippen molar-refractivity contribution < 1.29 is 37.6 Å². The number of nitrogens with zero attached hydrogens (tertiary/aromatic N) is 4. The van der Waals surface area contributed by atoms with Gasteiger partial charge in [-0.2, -0.15) is 18.3 Å². The molecule has 0 fully saturated rings. The van der Waals surface area contributed by atoms with Gasteiger partial charge in [0.05, 0.1) is 6.07 Å². The van der Waals surface area contributed by atoms with Crippen LogP contribution < -0.4 is 32.5 Å². The number of rotatable bonds is 12. The highest BCUT2D eigenvalue weighted by Gasteiger charge is 2.13. The molecule has 70 heavy (non-hydrogen) atoms. The molecule has 0 unspecified atom stereocenters. The number of phenols is 1. The van der Waals surface area contributed by atoms with Crippen LogP contribution in [0.25, 0.3) is 45.0 Å². The minimum absolute atomic E-state index is 0.122. The first-order chi connectivity index (χ1) is 34.6. The standard InChI is InChI=1S/C34H26N2O2.C28H21N2O2/c1-3-9-31(10-4-1)37-33-16-14-29(15-17-33)35-22-18-27(19-23-35)28-20-24-36(25-21-28)30-8-7-13-34(26-30)38-32-11-5-2-6-12-32;31-27-8-4-5-9-28(27)32-26-12-10-25(11-13-26)30-20-16-23(17-21-30)22-14-18-29(19-15-22)24-6-2-1-3-7-24/h1-26H;1-21H/q+2;+1/p+1. The van der Waals surface area contributed by atoms with Gasteiger partial charge >= 0.3 is 0 Å². The van der Waals surface area contributed by atoms with E-state index in [0.717, 1.165) is 68.0 Å². The third-order valence-electron chi connectivity index (χ3n) is 11.5. The summed E-state index contributed by atoms with van der Waals surface area (Å²) >= 11 is 0. The normalized spacial score (nSPS) is 10.6. The number of ether oxygens (including phenoxy) is 3. The SMILES string of the molecule is Oc1ccccc1Oc1ccc(-[n+]2ccc(-c3cc[n+](-c4ccccc4)cc3)cc2)cc1.c1ccc(Oc2ccc(-[n+]3ccc(-c4cc[n+](-c5cccc(Oc6ccccc6)c5)cc4)cc3)cc2)cc1. The second kappa shape index (κ2) is 21.3. The van der Waals surface area contributed by atoms with Gasteiger partial charge in [0.25, 0.3) is 0 Å². The molecule has 0 spiro atoms. The smallest absolute Gasteiger partial charge is 0.214 e. The third kappa shape index (κ3) is 11.1. The molecule has 7 aromatic carbocycles. The summed E-state index contributed by atoms with van der Waals surface area (Å²) in [6, 6.07) is 77.7. The molecule has 4 aromatic heterocycles. The van der Waals surface area contributed by atoms with Crippen molar-refractivity contribution >= 4 is 0 Å². The fraction of sp³-hybridized carbons (Fsp3) is 0. The maximum atomic E-state index is 9.87. The lowest BCUT2D eigenvalue weighted by atomic mass is 10.1. The van der Waals surface area contributed by atoms with Crippen molar-refractivity contribution in [1.82, 2.24) is 0 Å². The monoisotopic (exact) mass is 912 g/mol. The van der Waals surface area contributed by atoms with Crippen molar-refractivity contribution in [3.8, 4) is 85.2 Å². The second-order valence-corrected chi connectivity index (χ2v) is 16.2. The van der Waals surface area contributed by atoms with E-state index in [1.54, 1.807) is 18.2 Å².